The predicted molar refractivity (Wildman–Crippen MR) is 89.0 cm³/mol. The number of hydrogen-bond donors (Lipinski definition) is 3. The number of para-hydroxylation sites is 1. The van der Waals surface area contributed by atoms with Crippen LogP contribution in [0.25, 0.3) is 0 Å². The zero-order valence-electron chi connectivity index (χ0n) is 13.0. The largest absolute Gasteiger partial charge is 0.391 e. The van der Waals surface area contributed by atoms with E-state index in [1.807, 2.05) is 49.4 Å². The van der Waals surface area contributed by atoms with E-state index < -0.39 is 17.9 Å². The monoisotopic (exact) mass is 312 g/mol. The summed E-state index contributed by atoms with van der Waals surface area (Å²) < 4.78 is 0. The van der Waals surface area contributed by atoms with Crippen molar-refractivity contribution in [3.8, 4) is 0 Å². The van der Waals surface area contributed by atoms with Gasteiger partial charge in [0, 0.05) is 18.7 Å². The lowest BCUT2D eigenvalue weighted by Gasteiger charge is -2.12. The highest BCUT2D eigenvalue weighted by Crippen LogP contribution is 2.12. The lowest BCUT2D eigenvalue weighted by atomic mass is 10.1. The summed E-state index contributed by atoms with van der Waals surface area (Å²) in [5.74, 6) is -1.51. The highest BCUT2D eigenvalue weighted by Gasteiger charge is 2.16. The van der Waals surface area contributed by atoms with Crippen molar-refractivity contribution in [2.75, 3.05) is 11.9 Å². The molecule has 23 heavy (non-hydrogen) atoms. The van der Waals surface area contributed by atoms with Gasteiger partial charge in [0.25, 0.3) is 0 Å². The SMILES string of the molecule is Cc1ccccc1NC(=O)C(=O)NCC(O)Cc1ccccc1. The Balaban J connectivity index is 1.80. The Morgan fingerprint density at radius 2 is 1.65 bits per heavy atom. The number of anilines is 1. The zero-order chi connectivity index (χ0) is 16.7. The maximum atomic E-state index is 11.8. The Hall–Kier alpha value is -2.66. The molecule has 0 heterocycles. The minimum absolute atomic E-state index is 0.0227. The number of nitrogens with one attached hydrogen (secondary N) is 2. The first kappa shape index (κ1) is 16.7. The number of aliphatic hydroxyl groups is 1. The fourth-order valence-electron chi connectivity index (χ4n) is 2.14. The normalized spacial score (nSPS) is 11.6. The van der Waals surface area contributed by atoms with Gasteiger partial charge >= 0.3 is 11.8 Å². The first-order chi connectivity index (χ1) is 11.1. The quantitative estimate of drug-likeness (QED) is 0.735. The summed E-state index contributed by atoms with van der Waals surface area (Å²) in [6.45, 7) is 1.87. The molecular formula is C18H20N2O3. The molecule has 0 bridgehead atoms. The van der Waals surface area contributed by atoms with Gasteiger partial charge in [-0.1, -0.05) is 48.5 Å². The second kappa shape index (κ2) is 8.10. The van der Waals surface area contributed by atoms with Gasteiger partial charge in [-0.3, -0.25) is 9.59 Å². The molecule has 5 heteroatoms. The Kier molecular flexibility index (Phi) is 5.88. The van der Waals surface area contributed by atoms with Crippen LogP contribution in [0, 0.1) is 6.92 Å². The van der Waals surface area contributed by atoms with Gasteiger partial charge in [0.15, 0.2) is 0 Å². The van der Waals surface area contributed by atoms with E-state index in [1.165, 1.54) is 0 Å². The van der Waals surface area contributed by atoms with Gasteiger partial charge in [0.05, 0.1) is 6.10 Å². The van der Waals surface area contributed by atoms with Gasteiger partial charge in [-0.25, -0.2) is 0 Å². The number of hydrogen-bond acceptors (Lipinski definition) is 3. The first-order valence-electron chi connectivity index (χ1n) is 7.43. The number of aryl methyl sites for hydroxylation is 1. The summed E-state index contributed by atoms with van der Waals surface area (Å²) in [5.41, 5.74) is 2.44. The van der Waals surface area contributed by atoms with Crippen molar-refractivity contribution in [2.45, 2.75) is 19.4 Å². The Labute approximate surface area is 135 Å². The van der Waals surface area contributed by atoms with Crippen LogP contribution in [0.5, 0.6) is 0 Å². The van der Waals surface area contributed by atoms with E-state index in [9.17, 15) is 14.7 Å². The van der Waals surface area contributed by atoms with E-state index in [1.54, 1.807) is 12.1 Å². The Bertz CT molecular complexity index is 671. The molecule has 2 amide bonds. The van der Waals surface area contributed by atoms with E-state index in [4.69, 9.17) is 0 Å². The standard InChI is InChI=1S/C18H20N2O3/c1-13-7-5-6-10-16(13)20-18(23)17(22)19-12-15(21)11-14-8-3-2-4-9-14/h2-10,15,21H,11-12H2,1H3,(H,19,22)(H,20,23). The van der Waals surface area contributed by atoms with E-state index in [0.29, 0.717) is 12.1 Å². The summed E-state index contributed by atoms with van der Waals surface area (Å²) in [4.78, 5) is 23.6. The van der Waals surface area contributed by atoms with Gasteiger partial charge in [-0.2, -0.15) is 0 Å². The predicted octanol–water partition coefficient (Wildman–Crippen LogP) is 1.65. The van der Waals surface area contributed by atoms with Crippen LogP contribution < -0.4 is 10.6 Å². The molecule has 0 saturated carbocycles. The van der Waals surface area contributed by atoms with E-state index in [-0.39, 0.29) is 6.54 Å². The van der Waals surface area contributed by atoms with Gasteiger partial charge in [-0.05, 0) is 24.1 Å². The maximum absolute atomic E-state index is 11.8. The van der Waals surface area contributed by atoms with E-state index in [0.717, 1.165) is 11.1 Å². The molecule has 3 N–H and O–H groups in total. The van der Waals surface area contributed by atoms with Crippen LogP contribution in [-0.4, -0.2) is 29.6 Å². The Morgan fingerprint density at radius 3 is 2.35 bits per heavy atom. The van der Waals surface area contributed by atoms with Gasteiger partial charge in [-0.15, -0.1) is 0 Å². The molecule has 5 nitrogen and oxygen atoms in total. The average molecular weight is 312 g/mol. The van der Waals surface area contributed by atoms with Crippen molar-refractivity contribution in [1.29, 1.82) is 0 Å². The van der Waals surface area contributed by atoms with Gasteiger partial charge in [0.1, 0.15) is 0 Å². The molecule has 0 aliphatic carbocycles. The molecule has 0 fully saturated rings. The molecule has 0 radical (unpaired) electrons. The number of carbonyl (C=O) groups excluding carboxylic acids is 2. The molecule has 0 aliphatic heterocycles. The first-order valence-corrected chi connectivity index (χ1v) is 7.43. The van der Waals surface area contributed by atoms with Crippen molar-refractivity contribution in [3.05, 3.63) is 65.7 Å². The van der Waals surface area contributed by atoms with Crippen molar-refractivity contribution >= 4 is 17.5 Å². The van der Waals surface area contributed by atoms with Crippen molar-refractivity contribution in [3.63, 3.8) is 0 Å². The van der Waals surface area contributed by atoms with Gasteiger partial charge in [0.2, 0.25) is 0 Å². The second-order valence-electron chi connectivity index (χ2n) is 5.32. The summed E-state index contributed by atoms with van der Waals surface area (Å²) >= 11 is 0. The van der Waals surface area contributed by atoms with Crippen LogP contribution in [0.2, 0.25) is 0 Å². The minimum atomic E-state index is -0.764. The number of benzene rings is 2. The summed E-state index contributed by atoms with van der Waals surface area (Å²) in [6, 6.07) is 16.7. The fraction of sp³-hybridized carbons (Fsp3) is 0.222. The van der Waals surface area contributed by atoms with Crippen LogP contribution in [0.15, 0.2) is 54.6 Å². The highest BCUT2D eigenvalue weighted by atomic mass is 16.3. The lowest BCUT2D eigenvalue weighted by molar-refractivity contribution is -0.136. The number of aliphatic hydroxyl groups excluding tert-OH is 1. The van der Waals surface area contributed by atoms with Crippen LogP contribution in [-0.2, 0) is 16.0 Å². The molecule has 2 aromatic carbocycles. The third-order valence-electron chi connectivity index (χ3n) is 3.41. The zero-order valence-corrected chi connectivity index (χ0v) is 13.0. The molecular weight excluding hydrogens is 292 g/mol. The Morgan fingerprint density at radius 1 is 1.00 bits per heavy atom. The van der Waals surface area contributed by atoms with Crippen molar-refractivity contribution in [2.24, 2.45) is 0 Å². The van der Waals surface area contributed by atoms with E-state index >= 15 is 0 Å². The topological polar surface area (TPSA) is 78.4 Å². The molecule has 1 unspecified atom stereocenters. The molecule has 0 saturated heterocycles. The maximum Gasteiger partial charge on any atom is 0.313 e. The molecule has 0 aliphatic rings. The van der Waals surface area contributed by atoms with Crippen molar-refractivity contribution in [1.82, 2.24) is 5.32 Å². The van der Waals surface area contributed by atoms with Crippen LogP contribution in [0.1, 0.15) is 11.1 Å². The average Bonchev–Trinajstić information content (AvgIpc) is 2.55. The molecule has 2 rings (SSSR count). The molecule has 0 aromatic heterocycles. The summed E-state index contributed by atoms with van der Waals surface area (Å²) in [7, 11) is 0. The second-order valence-corrected chi connectivity index (χ2v) is 5.32. The van der Waals surface area contributed by atoms with E-state index in [2.05, 4.69) is 10.6 Å². The third kappa shape index (κ3) is 5.23. The lowest BCUT2D eigenvalue weighted by Crippen LogP contribution is -2.40. The van der Waals surface area contributed by atoms with Crippen LogP contribution in [0.4, 0.5) is 5.69 Å². The number of amides is 2. The van der Waals surface area contributed by atoms with Gasteiger partial charge < -0.3 is 15.7 Å². The number of rotatable bonds is 5. The summed E-state index contributed by atoms with van der Waals surface area (Å²) in [6.07, 6.45) is -0.326. The molecule has 2 aromatic rings. The smallest absolute Gasteiger partial charge is 0.313 e. The molecule has 0 spiro atoms. The molecule has 1 atom stereocenters. The molecule has 120 valence electrons. The highest BCUT2D eigenvalue weighted by molar-refractivity contribution is 6.39. The summed E-state index contributed by atoms with van der Waals surface area (Å²) in [5, 5.41) is 14.9. The third-order valence-corrected chi connectivity index (χ3v) is 3.41. The van der Waals surface area contributed by atoms with Crippen LogP contribution >= 0.6 is 0 Å². The fourth-order valence-corrected chi connectivity index (χ4v) is 2.14. The van der Waals surface area contributed by atoms with Crippen molar-refractivity contribution < 1.29 is 14.7 Å². The number of carbonyl (C=O) groups is 2. The minimum Gasteiger partial charge on any atom is -0.391 e. The van der Waals surface area contributed by atoms with Crippen LogP contribution in [0.3, 0.4) is 0 Å².